The van der Waals surface area contributed by atoms with Gasteiger partial charge in [-0.3, -0.25) is 14.6 Å². The fraction of sp³-hybridized carbons (Fsp3) is 0.160. The van der Waals surface area contributed by atoms with Crippen molar-refractivity contribution in [2.75, 3.05) is 11.8 Å². The molecule has 0 bridgehead atoms. The molecule has 3 aromatic carbocycles. The standard InChI is InChI=1S/C25H18F3N5O4S/c1-30-25(35)24-14-3-2-13(21(27)23(14)31-32-24)20-16(26)5-6-17(22(20)28)33-38(36,37)19-9-11(10-29)8-15-12(19)4-7-18(15)34/h2-3,5-6,8-9,18,33-34H,4,7H2,1H3,(H,30,35)(H,31,32). The van der Waals surface area contributed by atoms with Crippen LogP contribution in [0.4, 0.5) is 18.9 Å². The minimum Gasteiger partial charge on any atom is -0.388 e. The van der Waals surface area contributed by atoms with E-state index in [0.717, 1.165) is 24.3 Å². The van der Waals surface area contributed by atoms with Gasteiger partial charge in [0.25, 0.3) is 15.9 Å². The summed E-state index contributed by atoms with van der Waals surface area (Å²) in [7, 11) is -3.15. The number of aliphatic hydroxyl groups is 1. The molecule has 0 aliphatic heterocycles. The quantitative estimate of drug-likeness (QED) is 0.303. The Labute approximate surface area is 214 Å². The van der Waals surface area contributed by atoms with Crippen LogP contribution >= 0.6 is 0 Å². The van der Waals surface area contributed by atoms with Crippen LogP contribution in [0, 0.1) is 28.8 Å². The Morgan fingerprint density at radius 2 is 1.95 bits per heavy atom. The molecule has 1 atom stereocenters. The summed E-state index contributed by atoms with van der Waals surface area (Å²) in [5.41, 5.74) is -1.89. The number of aromatic nitrogens is 2. The van der Waals surface area contributed by atoms with Gasteiger partial charge in [-0.25, -0.2) is 21.6 Å². The van der Waals surface area contributed by atoms with Crippen molar-refractivity contribution < 1.29 is 31.5 Å². The number of fused-ring (bicyclic) bond motifs is 2. The third kappa shape index (κ3) is 3.94. The van der Waals surface area contributed by atoms with Crippen molar-refractivity contribution in [1.29, 1.82) is 5.26 Å². The molecule has 0 saturated carbocycles. The van der Waals surface area contributed by atoms with Crippen molar-refractivity contribution in [2.45, 2.75) is 23.8 Å². The average molecular weight is 542 g/mol. The molecule has 4 N–H and O–H groups in total. The summed E-state index contributed by atoms with van der Waals surface area (Å²) < 4.78 is 74.4. The Kier molecular flexibility index (Phi) is 6.09. The molecule has 1 unspecified atom stereocenters. The molecule has 0 saturated heterocycles. The minimum absolute atomic E-state index is 0.0177. The number of sulfonamides is 1. The van der Waals surface area contributed by atoms with Crippen LogP contribution in [0.25, 0.3) is 22.0 Å². The van der Waals surface area contributed by atoms with E-state index >= 15 is 8.78 Å². The van der Waals surface area contributed by atoms with Gasteiger partial charge in [0, 0.05) is 18.0 Å². The Morgan fingerprint density at radius 3 is 2.66 bits per heavy atom. The smallest absolute Gasteiger partial charge is 0.269 e. The fourth-order valence-corrected chi connectivity index (χ4v) is 5.97. The number of hydrogen-bond acceptors (Lipinski definition) is 6. The number of aromatic amines is 1. The number of rotatable bonds is 5. The zero-order chi connectivity index (χ0) is 27.4. The van der Waals surface area contributed by atoms with E-state index in [1.165, 1.54) is 19.2 Å². The van der Waals surface area contributed by atoms with Gasteiger partial charge in [-0.1, -0.05) is 6.07 Å². The highest BCUT2D eigenvalue weighted by atomic mass is 32.2. The molecule has 194 valence electrons. The maximum absolute atomic E-state index is 15.6. The molecule has 0 fully saturated rings. The van der Waals surface area contributed by atoms with Gasteiger partial charge in [0.1, 0.15) is 17.0 Å². The maximum atomic E-state index is 15.6. The van der Waals surface area contributed by atoms with E-state index < -0.39 is 56.3 Å². The summed E-state index contributed by atoms with van der Waals surface area (Å²) in [5, 5.41) is 28.1. The number of aliphatic hydroxyl groups excluding tert-OH is 1. The topological polar surface area (TPSA) is 148 Å². The first-order chi connectivity index (χ1) is 18.1. The normalized spacial score (nSPS) is 14.8. The predicted octanol–water partition coefficient (Wildman–Crippen LogP) is 3.66. The molecule has 0 radical (unpaired) electrons. The second-order valence-corrected chi connectivity index (χ2v) is 10.2. The minimum atomic E-state index is -4.51. The molecule has 1 aliphatic rings. The maximum Gasteiger partial charge on any atom is 0.269 e. The molecule has 9 nitrogen and oxygen atoms in total. The lowest BCUT2D eigenvalue weighted by atomic mass is 10.0. The lowest BCUT2D eigenvalue weighted by Crippen LogP contribution is -2.18. The number of nitrogens with zero attached hydrogens (tertiary/aromatic N) is 2. The average Bonchev–Trinajstić information content (AvgIpc) is 3.50. The van der Waals surface area contributed by atoms with Gasteiger partial charge < -0.3 is 10.4 Å². The van der Waals surface area contributed by atoms with E-state index in [2.05, 4.69) is 20.2 Å². The molecular formula is C25H18F3N5O4S. The lowest BCUT2D eigenvalue weighted by Gasteiger charge is -2.15. The monoisotopic (exact) mass is 541 g/mol. The van der Waals surface area contributed by atoms with Crippen molar-refractivity contribution in [2.24, 2.45) is 0 Å². The molecule has 1 aromatic heterocycles. The number of amides is 1. The van der Waals surface area contributed by atoms with Gasteiger partial charge in [-0.05, 0) is 54.3 Å². The Balaban J connectivity index is 1.60. The highest BCUT2D eigenvalue weighted by Crippen LogP contribution is 2.39. The predicted molar refractivity (Wildman–Crippen MR) is 130 cm³/mol. The zero-order valence-electron chi connectivity index (χ0n) is 19.6. The van der Waals surface area contributed by atoms with Crippen LogP contribution in [0.15, 0.2) is 41.3 Å². The number of anilines is 1. The number of hydrogen-bond donors (Lipinski definition) is 4. The van der Waals surface area contributed by atoms with E-state index in [0.29, 0.717) is 0 Å². The third-order valence-corrected chi connectivity index (χ3v) is 7.84. The van der Waals surface area contributed by atoms with Gasteiger partial charge in [0.15, 0.2) is 11.6 Å². The SMILES string of the molecule is CNC(=O)c1[nH]nc2c(F)c(-c3c(F)ccc(NS(=O)(=O)c4cc(C#N)cc5c4CCC5O)c3F)ccc12. The first-order valence-electron chi connectivity index (χ1n) is 11.2. The van der Waals surface area contributed by atoms with Crippen molar-refractivity contribution in [3.63, 3.8) is 0 Å². The summed E-state index contributed by atoms with van der Waals surface area (Å²) in [6.07, 6.45) is -0.494. The largest absolute Gasteiger partial charge is 0.388 e. The second-order valence-electron chi connectivity index (χ2n) is 8.60. The second kappa shape index (κ2) is 9.16. The van der Waals surface area contributed by atoms with Gasteiger partial charge in [-0.2, -0.15) is 10.4 Å². The summed E-state index contributed by atoms with van der Waals surface area (Å²) >= 11 is 0. The van der Waals surface area contributed by atoms with E-state index in [1.807, 2.05) is 6.07 Å². The van der Waals surface area contributed by atoms with Crippen LogP contribution in [-0.2, 0) is 16.4 Å². The highest BCUT2D eigenvalue weighted by Gasteiger charge is 2.31. The van der Waals surface area contributed by atoms with E-state index in [4.69, 9.17) is 0 Å². The first-order valence-corrected chi connectivity index (χ1v) is 12.7. The van der Waals surface area contributed by atoms with Gasteiger partial charge in [0.2, 0.25) is 0 Å². The Morgan fingerprint density at radius 1 is 1.18 bits per heavy atom. The van der Waals surface area contributed by atoms with Crippen LogP contribution < -0.4 is 10.0 Å². The number of nitriles is 1. The van der Waals surface area contributed by atoms with Crippen LogP contribution in [0.1, 0.15) is 39.7 Å². The Hall–Kier alpha value is -4.41. The zero-order valence-corrected chi connectivity index (χ0v) is 20.4. The van der Waals surface area contributed by atoms with Crippen LogP contribution in [0.3, 0.4) is 0 Å². The van der Waals surface area contributed by atoms with E-state index in [-0.39, 0.29) is 51.0 Å². The summed E-state index contributed by atoms with van der Waals surface area (Å²) in [6, 6.07) is 8.29. The van der Waals surface area contributed by atoms with Crippen LogP contribution in [0.2, 0.25) is 0 Å². The molecule has 4 aromatic rings. The number of nitrogens with one attached hydrogen (secondary N) is 3. The van der Waals surface area contributed by atoms with Crippen LogP contribution in [-0.4, -0.2) is 36.7 Å². The fourth-order valence-electron chi connectivity index (χ4n) is 4.59. The third-order valence-electron chi connectivity index (χ3n) is 6.41. The number of H-pyrrole nitrogens is 1. The molecule has 1 aliphatic carbocycles. The Bertz CT molecular complexity index is 1800. The number of halogens is 3. The summed E-state index contributed by atoms with van der Waals surface area (Å²) in [4.78, 5) is 11.6. The van der Waals surface area contributed by atoms with Gasteiger partial charge >= 0.3 is 0 Å². The molecule has 1 amide bonds. The van der Waals surface area contributed by atoms with Crippen molar-refractivity contribution in [3.8, 4) is 17.2 Å². The number of carbonyl (C=O) groups is 1. The molecule has 0 spiro atoms. The van der Waals surface area contributed by atoms with E-state index in [1.54, 1.807) is 0 Å². The summed E-state index contributed by atoms with van der Waals surface area (Å²) in [6.45, 7) is 0. The van der Waals surface area contributed by atoms with Crippen molar-refractivity contribution in [1.82, 2.24) is 15.5 Å². The summed E-state index contributed by atoms with van der Waals surface area (Å²) in [5.74, 6) is -4.25. The molecule has 1 heterocycles. The van der Waals surface area contributed by atoms with E-state index in [9.17, 15) is 28.0 Å². The van der Waals surface area contributed by atoms with Crippen LogP contribution in [0.5, 0.6) is 0 Å². The number of carbonyl (C=O) groups excluding carboxylic acids is 1. The molecule has 13 heteroatoms. The molecule has 5 rings (SSSR count). The van der Waals surface area contributed by atoms with Gasteiger partial charge in [0.05, 0.1) is 33.9 Å². The highest BCUT2D eigenvalue weighted by molar-refractivity contribution is 7.92. The number of benzene rings is 3. The van der Waals surface area contributed by atoms with Crippen molar-refractivity contribution in [3.05, 3.63) is 76.2 Å². The molecule has 38 heavy (non-hydrogen) atoms. The molecular weight excluding hydrogens is 523 g/mol. The van der Waals surface area contributed by atoms with Crippen molar-refractivity contribution >= 4 is 32.5 Å². The van der Waals surface area contributed by atoms with Gasteiger partial charge in [-0.15, -0.1) is 0 Å². The lowest BCUT2D eigenvalue weighted by molar-refractivity contribution is 0.0959. The first kappa shape index (κ1) is 25.2.